The first-order valence-electron chi connectivity index (χ1n) is 5.92. The van der Waals surface area contributed by atoms with Gasteiger partial charge in [-0.15, -0.1) is 4.73 Å². The fourth-order valence-corrected chi connectivity index (χ4v) is 2.39. The van der Waals surface area contributed by atoms with E-state index >= 15 is 0 Å². The van der Waals surface area contributed by atoms with Crippen LogP contribution in [0.15, 0.2) is 17.2 Å². The average molecular weight is 375 g/mol. The van der Waals surface area contributed by atoms with Gasteiger partial charge in [-0.05, 0) is 29.0 Å². The number of ether oxygens (including phenoxy) is 1. The van der Waals surface area contributed by atoms with Crippen LogP contribution in [0.3, 0.4) is 0 Å². The minimum atomic E-state index is -0.242. The minimum Gasteiger partial charge on any atom is -0.480 e. The molecule has 7 heteroatoms. The molecule has 0 aromatic carbocycles. The lowest BCUT2D eigenvalue weighted by Crippen LogP contribution is -2.28. The van der Waals surface area contributed by atoms with Gasteiger partial charge in [0.1, 0.15) is 12.9 Å². The molecule has 0 aliphatic rings. The molecule has 0 N–H and O–H groups in total. The fourth-order valence-electron chi connectivity index (χ4n) is 1.65. The summed E-state index contributed by atoms with van der Waals surface area (Å²) in [6.45, 7) is 2.53. The fraction of sp³-hybridized carbons (Fsp3) is 0.417. The van der Waals surface area contributed by atoms with E-state index in [1.54, 1.807) is 0 Å². The number of rotatable bonds is 5. The highest BCUT2D eigenvalue weighted by atomic mass is 127. The van der Waals surface area contributed by atoms with Crippen molar-refractivity contribution >= 4 is 33.6 Å². The lowest BCUT2D eigenvalue weighted by atomic mass is 10.3. The van der Waals surface area contributed by atoms with Crippen molar-refractivity contribution < 1.29 is 9.57 Å². The Labute approximate surface area is 123 Å². The molecule has 2 aromatic heterocycles. The van der Waals surface area contributed by atoms with Gasteiger partial charge in [0, 0.05) is 9.64 Å². The molecule has 2 heterocycles. The molecule has 0 aliphatic heterocycles. The summed E-state index contributed by atoms with van der Waals surface area (Å²) in [7, 11) is 1.53. The van der Waals surface area contributed by atoms with E-state index in [9.17, 15) is 4.79 Å². The van der Waals surface area contributed by atoms with Crippen LogP contribution in [0, 0.1) is 3.57 Å². The Morgan fingerprint density at radius 3 is 2.89 bits per heavy atom. The van der Waals surface area contributed by atoms with E-state index in [4.69, 9.17) is 9.57 Å². The summed E-state index contributed by atoms with van der Waals surface area (Å²) in [4.78, 5) is 25.7. The molecule has 0 unspecified atom stereocenters. The van der Waals surface area contributed by atoms with Crippen molar-refractivity contribution in [1.82, 2.24) is 14.7 Å². The van der Waals surface area contributed by atoms with Crippen molar-refractivity contribution in [2.24, 2.45) is 0 Å². The van der Waals surface area contributed by atoms with Gasteiger partial charge in [-0.25, -0.2) is 9.97 Å². The van der Waals surface area contributed by atoms with Crippen molar-refractivity contribution in [3.8, 4) is 5.88 Å². The molecule has 0 saturated heterocycles. The van der Waals surface area contributed by atoms with Crippen LogP contribution >= 0.6 is 22.6 Å². The Morgan fingerprint density at radius 1 is 1.42 bits per heavy atom. The Balaban J connectivity index is 2.60. The van der Waals surface area contributed by atoms with Crippen LogP contribution in [-0.2, 0) is 0 Å². The lowest BCUT2D eigenvalue weighted by molar-refractivity contribution is 0.108. The number of aromatic nitrogens is 3. The summed E-state index contributed by atoms with van der Waals surface area (Å²) in [6, 6.07) is 1.49. The van der Waals surface area contributed by atoms with Crippen molar-refractivity contribution in [1.29, 1.82) is 0 Å². The highest BCUT2D eigenvalue weighted by Crippen LogP contribution is 2.24. The summed E-state index contributed by atoms with van der Waals surface area (Å²) in [6.07, 6.45) is 3.23. The number of halogens is 1. The Kier molecular flexibility index (Phi) is 4.56. The third-order valence-corrected chi connectivity index (χ3v) is 3.44. The second-order valence-corrected chi connectivity index (χ2v) is 5.06. The second-order valence-electron chi connectivity index (χ2n) is 3.89. The predicted octanol–water partition coefficient (Wildman–Crippen LogP) is 1.63. The number of hydrogen-bond acceptors (Lipinski definition) is 5. The standard InChI is InChI=1S/C12H14IN3O3/c1-3-4-5-19-16-9(17)6-8(13)10-11(16)14-7-15-12(10)18-2/h6-7H,3-5H2,1-2H3. The zero-order valence-electron chi connectivity index (χ0n) is 10.7. The van der Waals surface area contributed by atoms with E-state index in [1.165, 1.54) is 24.2 Å². The molecule has 0 aliphatic carbocycles. The van der Waals surface area contributed by atoms with Gasteiger partial charge in [-0.1, -0.05) is 13.3 Å². The topological polar surface area (TPSA) is 66.2 Å². The van der Waals surface area contributed by atoms with Crippen LogP contribution in [0.2, 0.25) is 0 Å². The normalized spacial score (nSPS) is 10.7. The summed E-state index contributed by atoms with van der Waals surface area (Å²) in [5, 5.41) is 0.682. The first-order chi connectivity index (χ1) is 9.19. The first kappa shape index (κ1) is 14.0. The maximum absolute atomic E-state index is 12.0. The van der Waals surface area contributed by atoms with Crippen LogP contribution in [0.25, 0.3) is 11.0 Å². The van der Waals surface area contributed by atoms with E-state index in [-0.39, 0.29) is 5.56 Å². The van der Waals surface area contributed by atoms with E-state index in [0.29, 0.717) is 23.5 Å². The lowest BCUT2D eigenvalue weighted by Gasteiger charge is -2.12. The van der Waals surface area contributed by atoms with Gasteiger partial charge in [0.2, 0.25) is 5.88 Å². The van der Waals surface area contributed by atoms with Gasteiger partial charge >= 0.3 is 0 Å². The van der Waals surface area contributed by atoms with Gasteiger partial charge < -0.3 is 9.57 Å². The van der Waals surface area contributed by atoms with Gasteiger partial charge in [-0.3, -0.25) is 4.79 Å². The largest absolute Gasteiger partial charge is 0.480 e. The number of methoxy groups -OCH3 is 1. The SMILES string of the molecule is CCCCOn1c(=O)cc(I)c2c(OC)ncnc21. The van der Waals surface area contributed by atoms with E-state index < -0.39 is 0 Å². The van der Waals surface area contributed by atoms with Crippen molar-refractivity contribution in [3.05, 3.63) is 26.3 Å². The van der Waals surface area contributed by atoms with Gasteiger partial charge in [0.15, 0.2) is 5.65 Å². The molecule has 0 fully saturated rings. The number of unbranched alkanes of at least 4 members (excludes halogenated alkanes) is 1. The smallest absolute Gasteiger partial charge is 0.286 e. The van der Waals surface area contributed by atoms with Crippen LogP contribution in [0.4, 0.5) is 0 Å². The third kappa shape index (κ3) is 2.80. The maximum Gasteiger partial charge on any atom is 0.286 e. The van der Waals surface area contributed by atoms with Crippen LogP contribution < -0.4 is 15.1 Å². The number of hydrogen-bond donors (Lipinski definition) is 0. The molecule has 6 nitrogen and oxygen atoms in total. The Hall–Kier alpha value is -1.38. The quantitative estimate of drug-likeness (QED) is 0.587. The molecular weight excluding hydrogens is 361 g/mol. The van der Waals surface area contributed by atoms with Crippen LogP contribution in [-0.4, -0.2) is 28.4 Å². The molecule has 0 radical (unpaired) electrons. The molecule has 102 valence electrons. The summed E-state index contributed by atoms with van der Waals surface area (Å²) < 4.78 is 7.15. The summed E-state index contributed by atoms with van der Waals surface area (Å²) in [5.41, 5.74) is 0.189. The molecule has 0 saturated carbocycles. The minimum absolute atomic E-state index is 0.242. The molecule has 2 aromatic rings. The molecular formula is C12H14IN3O3. The summed E-state index contributed by atoms with van der Waals surface area (Å²) in [5.74, 6) is 0.433. The van der Waals surface area contributed by atoms with Gasteiger partial charge in [0.05, 0.1) is 12.5 Å². The van der Waals surface area contributed by atoms with Crippen molar-refractivity contribution in [2.75, 3.05) is 13.7 Å². The van der Waals surface area contributed by atoms with Gasteiger partial charge in [0.25, 0.3) is 5.56 Å². The van der Waals surface area contributed by atoms with Crippen molar-refractivity contribution in [3.63, 3.8) is 0 Å². The third-order valence-electron chi connectivity index (χ3n) is 2.59. The predicted molar refractivity (Wildman–Crippen MR) is 79.4 cm³/mol. The zero-order valence-corrected chi connectivity index (χ0v) is 12.9. The molecule has 19 heavy (non-hydrogen) atoms. The molecule has 0 spiro atoms. The zero-order chi connectivity index (χ0) is 13.8. The monoisotopic (exact) mass is 375 g/mol. The van der Waals surface area contributed by atoms with Crippen molar-refractivity contribution in [2.45, 2.75) is 19.8 Å². The molecule has 0 amide bonds. The van der Waals surface area contributed by atoms with E-state index in [2.05, 4.69) is 39.5 Å². The molecule has 2 rings (SSSR count). The summed E-state index contributed by atoms with van der Waals surface area (Å²) >= 11 is 2.07. The van der Waals surface area contributed by atoms with E-state index in [1.807, 2.05) is 0 Å². The highest BCUT2D eigenvalue weighted by Gasteiger charge is 2.14. The van der Waals surface area contributed by atoms with Crippen LogP contribution in [0.1, 0.15) is 19.8 Å². The van der Waals surface area contributed by atoms with Gasteiger partial charge in [-0.2, -0.15) is 0 Å². The highest BCUT2D eigenvalue weighted by molar-refractivity contribution is 14.1. The maximum atomic E-state index is 12.0. The first-order valence-corrected chi connectivity index (χ1v) is 7.00. The van der Waals surface area contributed by atoms with E-state index in [0.717, 1.165) is 16.4 Å². The number of pyridine rings is 1. The number of fused-ring (bicyclic) bond motifs is 1. The number of nitrogens with zero attached hydrogens (tertiary/aromatic N) is 3. The molecule has 0 bridgehead atoms. The Bertz CT molecular complexity index is 642. The Morgan fingerprint density at radius 2 is 2.21 bits per heavy atom. The van der Waals surface area contributed by atoms with Crippen LogP contribution in [0.5, 0.6) is 5.88 Å². The molecule has 0 atom stereocenters. The second kappa shape index (κ2) is 6.18. The average Bonchev–Trinajstić information content (AvgIpc) is 2.41.